The van der Waals surface area contributed by atoms with Gasteiger partial charge in [0.1, 0.15) is 17.5 Å². The summed E-state index contributed by atoms with van der Waals surface area (Å²) in [5, 5.41) is 0.208. The second kappa shape index (κ2) is 5.70. The minimum Gasteiger partial charge on any atom is -0.294 e. The molecule has 0 saturated carbocycles. The van der Waals surface area contributed by atoms with Gasteiger partial charge in [-0.05, 0) is 46.9 Å². The second-order valence-corrected chi connectivity index (χ2v) is 6.18. The highest BCUT2D eigenvalue weighted by Gasteiger charge is 2.16. The zero-order valence-electron chi connectivity index (χ0n) is 10.4. The first-order chi connectivity index (χ1) is 10.0. The van der Waals surface area contributed by atoms with E-state index in [0.717, 1.165) is 0 Å². The summed E-state index contributed by atoms with van der Waals surface area (Å²) in [5.41, 5.74) is 1.66. The normalized spacial score (nSPS) is 11.3. The maximum Gasteiger partial charge on any atom is 0.138 e. The molecular weight excluding hydrogens is 432 g/mol. The van der Waals surface area contributed by atoms with E-state index >= 15 is 0 Å². The molecule has 0 aliphatic carbocycles. The highest BCUT2D eigenvalue weighted by Crippen LogP contribution is 2.30. The van der Waals surface area contributed by atoms with Gasteiger partial charge in [-0.25, -0.2) is 13.8 Å². The molecule has 7 heteroatoms. The average molecular weight is 439 g/mol. The monoisotopic (exact) mass is 438 g/mol. The Morgan fingerprint density at radius 1 is 1.19 bits per heavy atom. The van der Waals surface area contributed by atoms with Crippen molar-refractivity contribution in [1.82, 2.24) is 9.55 Å². The summed E-state index contributed by atoms with van der Waals surface area (Å²) in [6, 6.07) is 7.01. The summed E-state index contributed by atoms with van der Waals surface area (Å²) in [6.07, 6.45) is 0. The van der Waals surface area contributed by atoms with Gasteiger partial charge in [-0.3, -0.25) is 4.57 Å². The van der Waals surface area contributed by atoms with E-state index < -0.39 is 5.82 Å². The molecule has 0 saturated heterocycles. The maximum absolute atomic E-state index is 13.8. The number of hydrogen-bond donors (Lipinski definition) is 0. The van der Waals surface area contributed by atoms with Crippen molar-refractivity contribution in [2.45, 2.75) is 5.88 Å². The van der Waals surface area contributed by atoms with Crippen molar-refractivity contribution in [3.63, 3.8) is 0 Å². The van der Waals surface area contributed by atoms with Crippen molar-refractivity contribution in [3.8, 4) is 5.69 Å². The molecule has 0 fully saturated rings. The van der Waals surface area contributed by atoms with E-state index in [1.165, 1.54) is 24.3 Å². The number of hydrogen-bond acceptors (Lipinski definition) is 1. The number of imidazole rings is 1. The Labute approximate surface area is 142 Å². The van der Waals surface area contributed by atoms with Gasteiger partial charge in [-0.1, -0.05) is 11.6 Å². The minimum absolute atomic E-state index is 0.126. The first-order valence-electron chi connectivity index (χ1n) is 5.89. The van der Waals surface area contributed by atoms with Crippen LogP contribution in [0.2, 0.25) is 5.02 Å². The number of fused-ring (bicyclic) bond motifs is 1. The standard InChI is InChI=1S/C14H7Cl2F2IN2/c15-6-14-20-11-5-10(19)9(18)4-13(11)21(14)12-2-1-7(17)3-8(12)16/h1-5H,6H2. The van der Waals surface area contributed by atoms with E-state index in [0.29, 0.717) is 26.1 Å². The lowest BCUT2D eigenvalue weighted by molar-refractivity contribution is 0.621. The van der Waals surface area contributed by atoms with Crippen LogP contribution in [0.15, 0.2) is 30.3 Å². The van der Waals surface area contributed by atoms with Crippen LogP contribution in [0.25, 0.3) is 16.7 Å². The fourth-order valence-electron chi connectivity index (χ4n) is 2.14. The molecule has 3 rings (SSSR count). The van der Waals surface area contributed by atoms with Gasteiger partial charge >= 0.3 is 0 Å². The molecule has 0 spiro atoms. The predicted molar refractivity (Wildman–Crippen MR) is 88.3 cm³/mol. The largest absolute Gasteiger partial charge is 0.294 e. The van der Waals surface area contributed by atoms with Gasteiger partial charge in [-0.2, -0.15) is 0 Å². The molecule has 0 radical (unpaired) electrons. The fourth-order valence-corrected chi connectivity index (χ4v) is 3.03. The molecule has 0 bridgehead atoms. The predicted octanol–water partition coefficient (Wildman–Crippen LogP) is 5.30. The Kier molecular flexibility index (Phi) is 4.07. The zero-order valence-corrected chi connectivity index (χ0v) is 14.0. The van der Waals surface area contributed by atoms with Crippen LogP contribution in [0.5, 0.6) is 0 Å². The third-order valence-electron chi connectivity index (χ3n) is 3.04. The van der Waals surface area contributed by atoms with Crippen LogP contribution in [0.4, 0.5) is 8.78 Å². The van der Waals surface area contributed by atoms with Crippen LogP contribution in [-0.4, -0.2) is 9.55 Å². The average Bonchev–Trinajstić information content (AvgIpc) is 2.77. The molecule has 2 aromatic carbocycles. The van der Waals surface area contributed by atoms with Gasteiger partial charge in [0.15, 0.2) is 0 Å². The van der Waals surface area contributed by atoms with Crippen LogP contribution >= 0.6 is 45.8 Å². The lowest BCUT2D eigenvalue weighted by atomic mass is 10.2. The number of benzene rings is 2. The SMILES string of the molecule is Fc1ccc(-n2c(CCl)nc3cc(I)c(F)cc32)c(Cl)c1. The van der Waals surface area contributed by atoms with Crippen molar-refractivity contribution < 1.29 is 8.78 Å². The van der Waals surface area contributed by atoms with Gasteiger partial charge in [0.25, 0.3) is 0 Å². The molecule has 3 aromatic rings. The molecule has 0 amide bonds. The number of alkyl halides is 1. The van der Waals surface area contributed by atoms with Crippen LogP contribution < -0.4 is 0 Å². The van der Waals surface area contributed by atoms with Crippen molar-refractivity contribution >= 4 is 56.8 Å². The smallest absolute Gasteiger partial charge is 0.138 e. The second-order valence-electron chi connectivity index (χ2n) is 4.35. The molecule has 0 aliphatic heterocycles. The summed E-state index contributed by atoms with van der Waals surface area (Å²) >= 11 is 13.9. The lowest BCUT2D eigenvalue weighted by Crippen LogP contribution is -2.00. The molecule has 21 heavy (non-hydrogen) atoms. The van der Waals surface area contributed by atoms with Gasteiger partial charge in [0.2, 0.25) is 0 Å². The van der Waals surface area contributed by atoms with Gasteiger partial charge in [-0.15, -0.1) is 11.6 Å². The quantitative estimate of drug-likeness (QED) is 0.392. The molecule has 0 aliphatic rings. The molecular formula is C14H7Cl2F2IN2. The van der Waals surface area contributed by atoms with Crippen molar-refractivity contribution in [1.29, 1.82) is 0 Å². The first kappa shape index (κ1) is 15.0. The summed E-state index contributed by atoms with van der Waals surface area (Å²) in [7, 11) is 0. The Bertz CT molecular complexity index is 849. The summed E-state index contributed by atoms with van der Waals surface area (Å²) in [4.78, 5) is 4.38. The molecule has 1 heterocycles. The molecule has 0 atom stereocenters. The Hall–Kier alpha value is -0.920. The van der Waals surface area contributed by atoms with E-state index in [-0.39, 0.29) is 16.7 Å². The van der Waals surface area contributed by atoms with Crippen molar-refractivity contribution in [3.05, 3.63) is 56.4 Å². The topological polar surface area (TPSA) is 17.8 Å². The van der Waals surface area contributed by atoms with Gasteiger partial charge in [0, 0.05) is 6.07 Å². The van der Waals surface area contributed by atoms with Gasteiger partial charge < -0.3 is 0 Å². The van der Waals surface area contributed by atoms with Crippen LogP contribution in [0.1, 0.15) is 5.82 Å². The first-order valence-corrected chi connectivity index (χ1v) is 7.88. The molecule has 0 unspecified atom stereocenters. The number of aromatic nitrogens is 2. The van der Waals surface area contributed by atoms with E-state index in [9.17, 15) is 8.78 Å². The van der Waals surface area contributed by atoms with Crippen molar-refractivity contribution in [2.24, 2.45) is 0 Å². The van der Waals surface area contributed by atoms with Crippen LogP contribution in [0.3, 0.4) is 0 Å². The highest BCUT2D eigenvalue weighted by molar-refractivity contribution is 14.1. The Morgan fingerprint density at radius 3 is 2.62 bits per heavy atom. The van der Waals surface area contributed by atoms with Gasteiger partial charge in [0.05, 0.1) is 31.2 Å². The molecule has 0 N–H and O–H groups in total. The number of halogens is 5. The third-order valence-corrected chi connectivity index (χ3v) is 4.40. The molecule has 108 valence electrons. The summed E-state index contributed by atoms with van der Waals surface area (Å²) in [6.45, 7) is 0. The van der Waals surface area contributed by atoms with Crippen LogP contribution in [-0.2, 0) is 5.88 Å². The highest BCUT2D eigenvalue weighted by atomic mass is 127. The third kappa shape index (κ3) is 2.62. The zero-order chi connectivity index (χ0) is 15.1. The molecule has 1 aromatic heterocycles. The molecule has 2 nitrogen and oxygen atoms in total. The van der Waals surface area contributed by atoms with Crippen molar-refractivity contribution in [2.75, 3.05) is 0 Å². The summed E-state index contributed by atoms with van der Waals surface area (Å²) < 4.78 is 29.2. The Balaban J connectivity index is 2.37. The van der Waals surface area contributed by atoms with E-state index in [4.69, 9.17) is 23.2 Å². The fraction of sp³-hybridized carbons (Fsp3) is 0.0714. The summed E-state index contributed by atoms with van der Waals surface area (Å²) in [5.74, 6) is -0.160. The minimum atomic E-state index is -0.443. The van der Waals surface area contributed by atoms with E-state index in [1.807, 2.05) is 22.6 Å². The maximum atomic E-state index is 13.8. The van der Waals surface area contributed by atoms with E-state index in [1.54, 1.807) is 10.6 Å². The lowest BCUT2D eigenvalue weighted by Gasteiger charge is -2.10. The number of rotatable bonds is 2. The number of nitrogens with zero attached hydrogens (tertiary/aromatic N) is 2. The Morgan fingerprint density at radius 2 is 1.95 bits per heavy atom. The van der Waals surface area contributed by atoms with Crippen LogP contribution in [0, 0.1) is 15.2 Å². The van der Waals surface area contributed by atoms with E-state index in [2.05, 4.69) is 4.98 Å².